The highest BCUT2D eigenvalue weighted by molar-refractivity contribution is 9.11. The summed E-state index contributed by atoms with van der Waals surface area (Å²) in [7, 11) is 0. The number of benzene rings is 1. The Morgan fingerprint density at radius 2 is 2.10 bits per heavy atom. The summed E-state index contributed by atoms with van der Waals surface area (Å²) in [4.78, 5) is 14.3. The molecule has 1 aromatic carbocycles. The van der Waals surface area contributed by atoms with E-state index >= 15 is 0 Å². The number of rotatable bonds is 4. The minimum Gasteiger partial charge on any atom is -0.330 e. The quantitative estimate of drug-likeness (QED) is 0.811. The van der Waals surface area contributed by atoms with Gasteiger partial charge in [-0.05, 0) is 81.9 Å². The number of amides is 1. The maximum absolute atomic E-state index is 12.1. The van der Waals surface area contributed by atoms with Gasteiger partial charge in [0.2, 0.25) is 5.91 Å². The fraction of sp³-hybridized carbons (Fsp3) is 0.500. The summed E-state index contributed by atoms with van der Waals surface area (Å²) in [6.45, 7) is 5.00. The number of nitrogens with zero attached hydrogens (tertiary/aromatic N) is 1. The summed E-state index contributed by atoms with van der Waals surface area (Å²) < 4.78 is 1.78. The molecule has 1 aliphatic rings. The number of carbonyl (C=O) groups is 1. The Hall–Kier alpha value is -0.430. The van der Waals surface area contributed by atoms with E-state index in [0.29, 0.717) is 19.0 Å². The molecular weight excluding hydrogens is 386 g/mol. The Kier molecular flexibility index (Phi) is 5.60. The van der Waals surface area contributed by atoms with E-state index in [9.17, 15) is 4.79 Å². The van der Waals surface area contributed by atoms with Gasteiger partial charge in [0, 0.05) is 15.5 Å². The van der Waals surface area contributed by atoms with E-state index in [4.69, 9.17) is 5.73 Å². The van der Waals surface area contributed by atoms with E-state index in [1.165, 1.54) is 0 Å². The van der Waals surface area contributed by atoms with Crippen molar-refractivity contribution in [3.63, 3.8) is 0 Å². The number of halogens is 2. The van der Waals surface area contributed by atoms with Gasteiger partial charge in [0.1, 0.15) is 0 Å². The van der Waals surface area contributed by atoms with Crippen molar-refractivity contribution >= 4 is 43.5 Å². The van der Waals surface area contributed by atoms with Crippen LogP contribution in [0, 0.1) is 12.8 Å². The van der Waals surface area contributed by atoms with Gasteiger partial charge in [-0.15, -0.1) is 0 Å². The van der Waals surface area contributed by atoms with Gasteiger partial charge < -0.3 is 11.1 Å². The van der Waals surface area contributed by atoms with Crippen molar-refractivity contribution in [3.8, 4) is 0 Å². The van der Waals surface area contributed by atoms with Crippen LogP contribution in [0.5, 0.6) is 0 Å². The van der Waals surface area contributed by atoms with Crippen molar-refractivity contribution in [1.82, 2.24) is 4.90 Å². The van der Waals surface area contributed by atoms with E-state index < -0.39 is 0 Å². The lowest BCUT2D eigenvalue weighted by Crippen LogP contribution is -2.32. The molecule has 0 saturated carbocycles. The van der Waals surface area contributed by atoms with Crippen LogP contribution in [0.4, 0.5) is 5.69 Å². The van der Waals surface area contributed by atoms with Crippen molar-refractivity contribution in [2.45, 2.75) is 13.3 Å². The van der Waals surface area contributed by atoms with Crippen molar-refractivity contribution in [2.24, 2.45) is 11.7 Å². The number of likely N-dealkylation sites (tertiary alicyclic amines) is 1. The molecule has 1 heterocycles. The Labute approximate surface area is 136 Å². The minimum absolute atomic E-state index is 0.00734. The highest BCUT2D eigenvalue weighted by Crippen LogP contribution is 2.32. The Balaban J connectivity index is 1.95. The lowest BCUT2D eigenvalue weighted by molar-refractivity contribution is -0.117. The van der Waals surface area contributed by atoms with E-state index in [2.05, 4.69) is 42.1 Å². The smallest absolute Gasteiger partial charge is 0.238 e. The molecule has 3 N–H and O–H groups in total. The molecule has 6 heteroatoms. The van der Waals surface area contributed by atoms with E-state index in [-0.39, 0.29) is 5.91 Å². The average molecular weight is 405 g/mol. The molecule has 110 valence electrons. The Bertz CT molecular complexity index is 484. The van der Waals surface area contributed by atoms with Crippen LogP contribution in [0.1, 0.15) is 12.0 Å². The number of hydrogen-bond donors (Lipinski definition) is 2. The first kappa shape index (κ1) is 15.9. The molecule has 1 amide bonds. The molecular formula is C14H19Br2N3O. The predicted octanol–water partition coefficient (Wildman–Crippen LogP) is 2.74. The van der Waals surface area contributed by atoms with E-state index in [0.717, 1.165) is 39.7 Å². The molecule has 2 rings (SSSR count). The zero-order chi connectivity index (χ0) is 14.7. The highest BCUT2D eigenvalue weighted by atomic mass is 79.9. The molecule has 0 spiro atoms. The van der Waals surface area contributed by atoms with Gasteiger partial charge in [0.05, 0.1) is 12.2 Å². The third-order valence-corrected chi connectivity index (χ3v) is 4.77. The van der Waals surface area contributed by atoms with Crippen molar-refractivity contribution in [1.29, 1.82) is 0 Å². The standard InChI is InChI=1S/C14H19Br2N3O/c1-9-4-11(15)14(12(16)5-9)18-13(20)8-19-3-2-10(6-17)7-19/h4-5,10H,2-3,6-8,17H2,1H3,(H,18,20)/t10-/m1/s1. The van der Waals surface area contributed by atoms with Crippen molar-refractivity contribution < 1.29 is 4.79 Å². The lowest BCUT2D eigenvalue weighted by Gasteiger charge is -2.16. The highest BCUT2D eigenvalue weighted by Gasteiger charge is 2.23. The van der Waals surface area contributed by atoms with Crippen molar-refractivity contribution in [2.75, 3.05) is 31.5 Å². The van der Waals surface area contributed by atoms with Crippen LogP contribution in [0.3, 0.4) is 0 Å². The Morgan fingerprint density at radius 1 is 1.45 bits per heavy atom. The number of nitrogens with one attached hydrogen (secondary N) is 1. The molecule has 1 fully saturated rings. The van der Waals surface area contributed by atoms with Gasteiger partial charge in [-0.25, -0.2) is 0 Å². The Morgan fingerprint density at radius 3 is 2.65 bits per heavy atom. The first-order valence-corrected chi connectivity index (χ1v) is 8.26. The van der Waals surface area contributed by atoms with Gasteiger partial charge in [0.25, 0.3) is 0 Å². The van der Waals surface area contributed by atoms with Crippen LogP contribution in [-0.2, 0) is 4.79 Å². The summed E-state index contributed by atoms with van der Waals surface area (Å²) >= 11 is 6.97. The second-order valence-electron chi connectivity index (χ2n) is 5.28. The molecule has 1 aliphatic heterocycles. The first-order chi connectivity index (χ1) is 9.49. The maximum atomic E-state index is 12.1. The zero-order valence-electron chi connectivity index (χ0n) is 11.5. The molecule has 1 aromatic rings. The van der Waals surface area contributed by atoms with E-state index in [1.54, 1.807) is 0 Å². The first-order valence-electron chi connectivity index (χ1n) is 6.67. The molecule has 0 bridgehead atoms. The lowest BCUT2D eigenvalue weighted by atomic mass is 10.1. The molecule has 1 atom stereocenters. The van der Waals surface area contributed by atoms with Gasteiger partial charge in [-0.1, -0.05) is 0 Å². The summed E-state index contributed by atoms with van der Waals surface area (Å²) in [5, 5.41) is 2.96. The van der Waals surface area contributed by atoms with Gasteiger partial charge in [-0.3, -0.25) is 9.69 Å². The fourth-order valence-corrected chi connectivity index (χ4v) is 4.06. The molecule has 0 aliphatic carbocycles. The molecule has 20 heavy (non-hydrogen) atoms. The second-order valence-corrected chi connectivity index (χ2v) is 6.99. The van der Waals surface area contributed by atoms with Crippen LogP contribution in [-0.4, -0.2) is 37.0 Å². The summed E-state index contributed by atoms with van der Waals surface area (Å²) in [5.41, 5.74) is 7.58. The van der Waals surface area contributed by atoms with Gasteiger partial charge >= 0.3 is 0 Å². The van der Waals surface area contributed by atoms with Crippen LogP contribution in [0.25, 0.3) is 0 Å². The van der Waals surface area contributed by atoms with Crippen molar-refractivity contribution in [3.05, 3.63) is 26.6 Å². The largest absolute Gasteiger partial charge is 0.330 e. The van der Waals surface area contributed by atoms with Gasteiger partial charge in [0.15, 0.2) is 0 Å². The summed E-state index contributed by atoms with van der Waals surface area (Å²) in [6, 6.07) is 3.97. The summed E-state index contributed by atoms with van der Waals surface area (Å²) in [6.07, 6.45) is 1.09. The molecule has 0 radical (unpaired) electrons. The van der Waals surface area contributed by atoms with Crippen LogP contribution >= 0.6 is 31.9 Å². The molecule has 0 unspecified atom stereocenters. The SMILES string of the molecule is Cc1cc(Br)c(NC(=O)CN2CC[C@H](CN)C2)c(Br)c1. The third kappa shape index (κ3) is 4.04. The van der Waals surface area contributed by atoms with Crippen LogP contribution < -0.4 is 11.1 Å². The molecule has 1 saturated heterocycles. The third-order valence-electron chi connectivity index (χ3n) is 3.52. The maximum Gasteiger partial charge on any atom is 0.238 e. The zero-order valence-corrected chi connectivity index (χ0v) is 14.6. The molecule has 0 aromatic heterocycles. The fourth-order valence-electron chi connectivity index (χ4n) is 2.45. The van der Waals surface area contributed by atoms with Gasteiger partial charge in [-0.2, -0.15) is 0 Å². The van der Waals surface area contributed by atoms with E-state index in [1.807, 2.05) is 19.1 Å². The monoisotopic (exact) mass is 403 g/mol. The number of nitrogens with two attached hydrogens (primary N) is 1. The van der Waals surface area contributed by atoms with Crippen LogP contribution in [0.15, 0.2) is 21.1 Å². The second kappa shape index (κ2) is 7.02. The summed E-state index contributed by atoms with van der Waals surface area (Å²) in [5.74, 6) is 0.536. The normalized spacial score (nSPS) is 19.3. The predicted molar refractivity (Wildman–Crippen MR) is 88.8 cm³/mol. The number of aryl methyl sites for hydroxylation is 1. The molecule has 4 nitrogen and oxygen atoms in total. The van der Waals surface area contributed by atoms with Crippen LogP contribution in [0.2, 0.25) is 0 Å². The topological polar surface area (TPSA) is 58.4 Å². The number of anilines is 1. The number of hydrogen-bond acceptors (Lipinski definition) is 3. The number of carbonyl (C=O) groups excluding carboxylic acids is 1. The average Bonchev–Trinajstić information content (AvgIpc) is 2.81. The minimum atomic E-state index is 0.00734.